The average molecular weight is 385 g/mol. The molecule has 0 fully saturated rings. The summed E-state index contributed by atoms with van der Waals surface area (Å²) in [4.78, 5) is 12.0. The first-order chi connectivity index (χ1) is 11.8. The summed E-state index contributed by atoms with van der Waals surface area (Å²) in [5.74, 6) is 0.139. The lowest BCUT2D eigenvalue weighted by molar-refractivity contribution is -0.384. The molecule has 0 aliphatic rings. The third-order valence-electron chi connectivity index (χ3n) is 2.91. The number of rotatable bonds is 8. The van der Waals surface area contributed by atoms with Gasteiger partial charge in [-0.1, -0.05) is 5.16 Å². The predicted molar refractivity (Wildman–Crippen MR) is 89.1 cm³/mol. The van der Waals surface area contributed by atoms with E-state index in [-0.39, 0.29) is 36.9 Å². The van der Waals surface area contributed by atoms with Gasteiger partial charge in [0.1, 0.15) is 5.69 Å². The van der Waals surface area contributed by atoms with Crippen LogP contribution in [0.25, 0.3) is 0 Å². The number of nitro groups is 1. The maximum Gasteiger partial charge on any atom is 0.294 e. The molecule has 1 heterocycles. The quantitative estimate of drug-likeness (QED) is 0.166. The highest BCUT2D eigenvalue weighted by atomic mass is 32.3. The summed E-state index contributed by atoms with van der Waals surface area (Å²) in [6.45, 7) is -0.492. The largest absolute Gasteiger partial charge is 0.726 e. The molecule has 0 aliphatic heterocycles. The first-order valence-corrected chi connectivity index (χ1v) is 8.02. The van der Waals surface area contributed by atoms with Gasteiger partial charge in [-0.2, -0.15) is 0 Å². The van der Waals surface area contributed by atoms with Gasteiger partial charge in [-0.25, -0.2) is 8.42 Å². The van der Waals surface area contributed by atoms with E-state index in [2.05, 4.69) is 19.6 Å². The summed E-state index contributed by atoms with van der Waals surface area (Å²) >= 11 is 0. The molecule has 12 nitrogen and oxygen atoms in total. The molecule has 0 unspecified atom stereocenters. The summed E-state index contributed by atoms with van der Waals surface area (Å²) in [6.07, 6.45) is 1.37. The number of nitro benzene ring substituents is 1. The van der Waals surface area contributed by atoms with Crippen molar-refractivity contribution in [3.8, 4) is 0 Å². The molecule has 1 aromatic carbocycles. The van der Waals surface area contributed by atoms with Crippen molar-refractivity contribution in [3.05, 3.63) is 48.0 Å². The van der Waals surface area contributed by atoms with Crippen molar-refractivity contribution in [1.29, 1.82) is 0 Å². The highest BCUT2D eigenvalue weighted by Crippen LogP contribution is 2.32. The highest BCUT2D eigenvalue weighted by molar-refractivity contribution is 7.80. The number of benzene rings is 1. The SMILES string of the molecule is CN(CCOS(=O)(=O)[O-])c1ccc(N=Nc2ccno2)cc1[N+](=O)[O-].[CH3+]. The van der Waals surface area contributed by atoms with Crippen LogP contribution in [0.5, 0.6) is 0 Å². The molecule has 0 bridgehead atoms. The lowest BCUT2D eigenvalue weighted by Crippen LogP contribution is -2.24. The third-order valence-corrected chi connectivity index (χ3v) is 3.36. The van der Waals surface area contributed by atoms with Crippen molar-refractivity contribution in [3.63, 3.8) is 0 Å². The number of likely N-dealkylation sites (N-methyl/N-ethyl adjacent to an activating group) is 1. The van der Waals surface area contributed by atoms with Gasteiger partial charge in [-0.15, -0.1) is 10.2 Å². The molecule has 2 aromatic rings. The van der Waals surface area contributed by atoms with Gasteiger partial charge in [-0.05, 0) is 12.1 Å². The van der Waals surface area contributed by atoms with E-state index in [0.29, 0.717) is 0 Å². The van der Waals surface area contributed by atoms with Gasteiger partial charge in [0, 0.05) is 33.2 Å². The molecule has 0 atom stereocenters. The number of aromatic nitrogens is 1. The number of nitrogens with zero attached hydrogens (tertiary/aromatic N) is 5. The normalized spacial score (nSPS) is 11.3. The monoisotopic (exact) mass is 385 g/mol. The van der Waals surface area contributed by atoms with Crippen LogP contribution in [0.3, 0.4) is 0 Å². The highest BCUT2D eigenvalue weighted by Gasteiger charge is 2.18. The Balaban J connectivity index is 0.00000338. The smallest absolute Gasteiger partial charge is 0.294 e. The Morgan fingerprint density at radius 1 is 1.35 bits per heavy atom. The Hall–Kier alpha value is -3.03. The van der Waals surface area contributed by atoms with Crippen molar-refractivity contribution in [2.75, 3.05) is 25.1 Å². The maximum atomic E-state index is 11.2. The van der Waals surface area contributed by atoms with Crippen molar-refractivity contribution in [2.24, 2.45) is 10.2 Å². The van der Waals surface area contributed by atoms with Crippen LogP contribution in [-0.4, -0.2) is 43.2 Å². The molecule has 1 aromatic heterocycles. The Bertz CT molecular complexity index is 867. The summed E-state index contributed by atoms with van der Waals surface area (Å²) in [5, 5.41) is 22.2. The van der Waals surface area contributed by atoms with Crippen LogP contribution in [-0.2, 0) is 14.6 Å². The van der Waals surface area contributed by atoms with E-state index < -0.39 is 21.9 Å². The van der Waals surface area contributed by atoms with Crippen molar-refractivity contribution in [1.82, 2.24) is 5.16 Å². The van der Waals surface area contributed by atoms with Crippen LogP contribution in [0.2, 0.25) is 0 Å². The second kappa shape index (κ2) is 8.89. The van der Waals surface area contributed by atoms with Crippen LogP contribution in [0.1, 0.15) is 0 Å². The molecule has 2 rings (SSSR count). The van der Waals surface area contributed by atoms with E-state index in [9.17, 15) is 23.1 Å². The summed E-state index contributed by atoms with van der Waals surface area (Å²) in [6, 6.07) is 5.55. The van der Waals surface area contributed by atoms with E-state index in [1.54, 1.807) is 0 Å². The van der Waals surface area contributed by atoms with Gasteiger partial charge >= 0.3 is 0 Å². The average Bonchev–Trinajstić information content (AvgIpc) is 3.04. The zero-order valence-electron chi connectivity index (χ0n) is 13.8. The summed E-state index contributed by atoms with van der Waals surface area (Å²) in [7, 11) is -3.33. The minimum absolute atomic E-state index is 0. The molecule has 0 spiro atoms. The molecule has 0 amide bonds. The summed E-state index contributed by atoms with van der Waals surface area (Å²) < 4.78 is 40.0. The molecule has 0 saturated carbocycles. The molecule has 0 saturated heterocycles. The number of hydrogen-bond acceptors (Lipinski definition) is 11. The Labute approximate surface area is 149 Å². The van der Waals surface area contributed by atoms with Crippen LogP contribution >= 0.6 is 0 Å². The molecule has 0 N–H and O–H groups in total. The van der Waals surface area contributed by atoms with Gasteiger partial charge in [0.15, 0.2) is 0 Å². The molecule has 13 heteroatoms. The molecule has 140 valence electrons. The van der Waals surface area contributed by atoms with Crippen LogP contribution < -0.4 is 4.90 Å². The zero-order chi connectivity index (χ0) is 18.4. The maximum absolute atomic E-state index is 11.2. The second-order valence-corrected chi connectivity index (χ2v) is 5.68. The zero-order valence-corrected chi connectivity index (χ0v) is 14.6. The molecular weight excluding hydrogens is 370 g/mol. The fraction of sp³-hybridized carbons (Fsp3) is 0.231. The van der Waals surface area contributed by atoms with E-state index in [1.165, 1.54) is 42.4 Å². The lowest BCUT2D eigenvalue weighted by atomic mass is 10.2. The van der Waals surface area contributed by atoms with Gasteiger partial charge in [-0.3, -0.25) is 14.3 Å². The van der Waals surface area contributed by atoms with E-state index in [0.717, 1.165) is 0 Å². The van der Waals surface area contributed by atoms with E-state index in [4.69, 9.17) is 4.52 Å². The topological polar surface area (TPSA) is 164 Å². The van der Waals surface area contributed by atoms with Crippen molar-refractivity contribution < 1.29 is 26.6 Å². The Morgan fingerprint density at radius 2 is 2.08 bits per heavy atom. The van der Waals surface area contributed by atoms with Gasteiger partial charge in [0.05, 0.1) is 23.4 Å². The van der Waals surface area contributed by atoms with Crippen molar-refractivity contribution >= 4 is 33.3 Å². The number of anilines is 1. The Morgan fingerprint density at radius 3 is 2.65 bits per heavy atom. The van der Waals surface area contributed by atoms with Crippen LogP contribution in [0.15, 0.2) is 45.2 Å². The van der Waals surface area contributed by atoms with E-state index >= 15 is 0 Å². The van der Waals surface area contributed by atoms with Crippen LogP contribution in [0.4, 0.5) is 22.9 Å². The first kappa shape index (κ1) is 21.0. The molecular formula is C13H15N5O7S. The summed E-state index contributed by atoms with van der Waals surface area (Å²) in [5.41, 5.74) is 0.121. The van der Waals surface area contributed by atoms with Gasteiger partial charge in [0.25, 0.3) is 11.6 Å². The Kier molecular flexibility index (Phi) is 7.18. The minimum Gasteiger partial charge on any atom is -0.726 e. The van der Waals surface area contributed by atoms with Gasteiger partial charge in [0.2, 0.25) is 10.4 Å². The first-order valence-electron chi connectivity index (χ1n) is 6.68. The van der Waals surface area contributed by atoms with Crippen LogP contribution in [0, 0.1) is 17.5 Å². The lowest BCUT2D eigenvalue weighted by Gasteiger charge is -2.19. The second-order valence-electron chi connectivity index (χ2n) is 4.63. The minimum atomic E-state index is -4.82. The fourth-order valence-corrected chi connectivity index (χ4v) is 2.09. The molecule has 0 aliphatic carbocycles. The standard InChI is InChI=1S/C12H13N5O7S.CH3/c1-16(6-7-23-25(20,21)22)10-3-2-9(8-11(10)17(18)19)14-15-12-4-5-13-24-12;/h2-5,8H,6-7H2,1H3,(H,20,21,22);1H3/q;+1/p-1. The fourth-order valence-electron chi connectivity index (χ4n) is 1.81. The predicted octanol–water partition coefficient (Wildman–Crippen LogP) is 2.36. The van der Waals surface area contributed by atoms with Gasteiger partial charge < -0.3 is 14.0 Å². The molecule has 26 heavy (non-hydrogen) atoms. The van der Waals surface area contributed by atoms with Crippen molar-refractivity contribution in [2.45, 2.75) is 0 Å². The number of hydrogen-bond donors (Lipinski definition) is 0. The number of azo groups is 1. The molecule has 0 radical (unpaired) electrons. The third kappa shape index (κ3) is 6.12. The van der Waals surface area contributed by atoms with E-state index in [1.807, 2.05) is 0 Å².